The SMILES string of the molecule is N#Cc1cccc(NC(=O)C2CC2C(=O)NCCN2CCOCC2)c1. The van der Waals surface area contributed by atoms with E-state index >= 15 is 0 Å². The Morgan fingerprint density at radius 3 is 2.76 bits per heavy atom. The predicted octanol–water partition coefficient (Wildman–Crippen LogP) is 0.581. The Balaban J connectivity index is 1.39. The van der Waals surface area contributed by atoms with Crippen LogP contribution in [0.3, 0.4) is 0 Å². The van der Waals surface area contributed by atoms with Crippen LogP contribution in [0, 0.1) is 23.2 Å². The highest BCUT2D eigenvalue weighted by Gasteiger charge is 2.47. The quantitative estimate of drug-likeness (QED) is 0.789. The molecule has 2 aliphatic rings. The molecule has 0 radical (unpaired) electrons. The number of nitrogens with zero attached hydrogens (tertiary/aromatic N) is 2. The van der Waals surface area contributed by atoms with Crippen molar-refractivity contribution < 1.29 is 14.3 Å². The molecule has 132 valence electrons. The molecule has 0 spiro atoms. The highest BCUT2D eigenvalue weighted by molar-refractivity contribution is 5.99. The van der Waals surface area contributed by atoms with Crippen molar-refractivity contribution in [3.63, 3.8) is 0 Å². The van der Waals surface area contributed by atoms with Crippen LogP contribution in [-0.4, -0.2) is 56.1 Å². The van der Waals surface area contributed by atoms with E-state index in [1.165, 1.54) is 0 Å². The summed E-state index contributed by atoms with van der Waals surface area (Å²) in [6.07, 6.45) is 0.577. The van der Waals surface area contributed by atoms with Gasteiger partial charge in [-0.3, -0.25) is 14.5 Å². The highest BCUT2D eigenvalue weighted by Crippen LogP contribution is 2.39. The molecule has 1 aliphatic carbocycles. The lowest BCUT2D eigenvalue weighted by molar-refractivity contribution is -0.125. The lowest BCUT2D eigenvalue weighted by Crippen LogP contribution is -2.41. The summed E-state index contributed by atoms with van der Waals surface area (Å²) in [5, 5.41) is 14.6. The van der Waals surface area contributed by atoms with Crippen LogP contribution < -0.4 is 10.6 Å². The minimum absolute atomic E-state index is 0.0563. The second-order valence-electron chi connectivity index (χ2n) is 6.38. The van der Waals surface area contributed by atoms with Gasteiger partial charge in [-0.25, -0.2) is 0 Å². The number of benzene rings is 1. The third-order valence-corrected chi connectivity index (χ3v) is 4.55. The Bertz CT molecular complexity index is 679. The maximum absolute atomic E-state index is 12.2. The van der Waals surface area contributed by atoms with Crippen molar-refractivity contribution in [2.24, 2.45) is 11.8 Å². The van der Waals surface area contributed by atoms with E-state index in [0.717, 1.165) is 32.8 Å². The third-order valence-electron chi connectivity index (χ3n) is 4.55. The molecule has 7 heteroatoms. The number of nitriles is 1. The minimum Gasteiger partial charge on any atom is -0.379 e. The first-order valence-electron chi connectivity index (χ1n) is 8.56. The van der Waals surface area contributed by atoms with Crippen molar-refractivity contribution in [2.45, 2.75) is 6.42 Å². The Morgan fingerprint density at radius 1 is 1.24 bits per heavy atom. The summed E-state index contributed by atoms with van der Waals surface area (Å²) in [6, 6.07) is 8.79. The zero-order valence-corrected chi connectivity index (χ0v) is 14.0. The number of anilines is 1. The summed E-state index contributed by atoms with van der Waals surface area (Å²) < 4.78 is 5.29. The fourth-order valence-electron chi connectivity index (χ4n) is 2.97. The molecule has 2 atom stereocenters. The zero-order chi connectivity index (χ0) is 17.6. The fourth-order valence-corrected chi connectivity index (χ4v) is 2.97. The van der Waals surface area contributed by atoms with Crippen molar-refractivity contribution in [1.82, 2.24) is 10.2 Å². The molecule has 7 nitrogen and oxygen atoms in total. The van der Waals surface area contributed by atoms with E-state index in [9.17, 15) is 9.59 Å². The number of nitrogens with one attached hydrogen (secondary N) is 2. The van der Waals surface area contributed by atoms with Crippen molar-refractivity contribution in [3.8, 4) is 6.07 Å². The van der Waals surface area contributed by atoms with Crippen molar-refractivity contribution in [1.29, 1.82) is 5.26 Å². The Kier molecular flexibility index (Phi) is 5.64. The maximum Gasteiger partial charge on any atom is 0.228 e. The van der Waals surface area contributed by atoms with E-state index in [-0.39, 0.29) is 23.7 Å². The summed E-state index contributed by atoms with van der Waals surface area (Å²) in [6.45, 7) is 4.67. The zero-order valence-electron chi connectivity index (χ0n) is 14.0. The van der Waals surface area contributed by atoms with Crippen LogP contribution >= 0.6 is 0 Å². The van der Waals surface area contributed by atoms with E-state index in [1.54, 1.807) is 24.3 Å². The van der Waals surface area contributed by atoms with Gasteiger partial charge in [0.1, 0.15) is 0 Å². The van der Waals surface area contributed by atoms with Crippen LogP contribution in [0.15, 0.2) is 24.3 Å². The summed E-state index contributed by atoms with van der Waals surface area (Å²) in [4.78, 5) is 26.6. The first-order chi connectivity index (χ1) is 12.2. The molecule has 1 aromatic rings. The van der Waals surface area contributed by atoms with Gasteiger partial charge in [0.05, 0.1) is 36.7 Å². The lowest BCUT2D eigenvalue weighted by Gasteiger charge is -2.26. The van der Waals surface area contributed by atoms with Crippen LogP contribution in [0.2, 0.25) is 0 Å². The molecular weight excluding hydrogens is 320 g/mol. The molecule has 1 aliphatic heterocycles. The number of rotatable bonds is 6. The molecule has 2 unspecified atom stereocenters. The Labute approximate surface area is 146 Å². The maximum atomic E-state index is 12.2. The molecule has 1 saturated heterocycles. The van der Waals surface area contributed by atoms with Gasteiger partial charge in [0.15, 0.2) is 0 Å². The average molecular weight is 342 g/mol. The Morgan fingerprint density at radius 2 is 2.00 bits per heavy atom. The van der Waals surface area contributed by atoms with Gasteiger partial charge in [-0.05, 0) is 24.6 Å². The van der Waals surface area contributed by atoms with Gasteiger partial charge in [0, 0.05) is 31.9 Å². The predicted molar refractivity (Wildman–Crippen MR) is 91.7 cm³/mol. The molecule has 1 saturated carbocycles. The smallest absolute Gasteiger partial charge is 0.228 e. The molecule has 25 heavy (non-hydrogen) atoms. The van der Waals surface area contributed by atoms with E-state index < -0.39 is 0 Å². The molecule has 2 N–H and O–H groups in total. The Hall–Kier alpha value is -2.43. The van der Waals surface area contributed by atoms with E-state index in [1.807, 2.05) is 6.07 Å². The number of ether oxygens (including phenoxy) is 1. The van der Waals surface area contributed by atoms with Gasteiger partial charge in [-0.2, -0.15) is 5.26 Å². The molecule has 1 aromatic carbocycles. The van der Waals surface area contributed by atoms with Gasteiger partial charge in [-0.15, -0.1) is 0 Å². The number of amides is 2. The van der Waals surface area contributed by atoms with Crippen LogP contribution in [0.25, 0.3) is 0 Å². The second-order valence-corrected chi connectivity index (χ2v) is 6.38. The lowest BCUT2D eigenvalue weighted by atomic mass is 10.2. The monoisotopic (exact) mass is 342 g/mol. The summed E-state index contributed by atoms with van der Waals surface area (Å²) in [5.41, 5.74) is 1.08. The molecule has 0 aromatic heterocycles. The third kappa shape index (κ3) is 4.78. The van der Waals surface area contributed by atoms with Crippen LogP contribution in [0.5, 0.6) is 0 Å². The molecular formula is C18H22N4O3. The first-order valence-corrected chi connectivity index (χ1v) is 8.56. The normalized spacial score (nSPS) is 22.7. The molecule has 3 rings (SSSR count). The topological polar surface area (TPSA) is 94.5 Å². The largest absolute Gasteiger partial charge is 0.379 e. The minimum atomic E-state index is -0.283. The van der Waals surface area contributed by atoms with E-state index in [2.05, 4.69) is 15.5 Å². The van der Waals surface area contributed by atoms with E-state index in [4.69, 9.17) is 10.00 Å². The number of hydrogen-bond acceptors (Lipinski definition) is 5. The highest BCUT2D eigenvalue weighted by atomic mass is 16.5. The van der Waals surface area contributed by atoms with Crippen molar-refractivity contribution >= 4 is 17.5 Å². The standard InChI is InChI=1S/C18H22N4O3/c19-12-13-2-1-3-14(10-13)21-18(24)16-11-15(16)17(23)20-4-5-22-6-8-25-9-7-22/h1-3,10,15-16H,4-9,11H2,(H,20,23)(H,21,24). The van der Waals surface area contributed by atoms with Gasteiger partial charge < -0.3 is 15.4 Å². The van der Waals surface area contributed by atoms with Crippen molar-refractivity contribution in [2.75, 3.05) is 44.7 Å². The van der Waals surface area contributed by atoms with Crippen LogP contribution in [0.1, 0.15) is 12.0 Å². The number of hydrogen-bond donors (Lipinski definition) is 2. The number of morpholine rings is 1. The second kappa shape index (κ2) is 8.10. The summed E-state index contributed by atoms with van der Waals surface area (Å²) in [7, 11) is 0. The van der Waals surface area contributed by atoms with Gasteiger partial charge in [0.2, 0.25) is 11.8 Å². The van der Waals surface area contributed by atoms with Crippen LogP contribution in [-0.2, 0) is 14.3 Å². The average Bonchev–Trinajstić information content (AvgIpc) is 3.44. The molecule has 2 amide bonds. The molecule has 2 fully saturated rings. The summed E-state index contributed by atoms with van der Waals surface area (Å²) in [5.74, 6) is -0.749. The molecule has 1 heterocycles. The number of carbonyl (C=O) groups is 2. The fraction of sp³-hybridized carbons (Fsp3) is 0.500. The first kappa shape index (κ1) is 17.4. The van der Waals surface area contributed by atoms with Gasteiger partial charge in [0.25, 0.3) is 0 Å². The van der Waals surface area contributed by atoms with Gasteiger partial charge in [-0.1, -0.05) is 6.07 Å². The number of carbonyl (C=O) groups excluding carboxylic acids is 2. The van der Waals surface area contributed by atoms with Gasteiger partial charge >= 0.3 is 0 Å². The van der Waals surface area contributed by atoms with E-state index in [0.29, 0.717) is 24.2 Å². The van der Waals surface area contributed by atoms with Crippen molar-refractivity contribution in [3.05, 3.63) is 29.8 Å². The van der Waals surface area contributed by atoms with Crippen LogP contribution in [0.4, 0.5) is 5.69 Å². The molecule has 0 bridgehead atoms. The summed E-state index contributed by atoms with van der Waals surface area (Å²) >= 11 is 0.